The Morgan fingerprint density at radius 3 is 3.10 bits per heavy atom. The van der Waals surface area contributed by atoms with Gasteiger partial charge in [-0.2, -0.15) is 0 Å². The summed E-state index contributed by atoms with van der Waals surface area (Å²) >= 11 is 1.61. The van der Waals surface area contributed by atoms with Gasteiger partial charge in [-0.3, -0.25) is 10.1 Å². The second kappa shape index (κ2) is 6.40. The zero-order chi connectivity index (χ0) is 14.7. The van der Waals surface area contributed by atoms with Crippen LogP contribution in [0.3, 0.4) is 0 Å². The fourth-order valence-corrected chi connectivity index (χ4v) is 4.17. The number of carbonyl (C=O) groups excluding carboxylic acids is 1. The molecule has 2 aliphatic rings. The summed E-state index contributed by atoms with van der Waals surface area (Å²) < 4.78 is 10.3. The number of aromatic nitrogens is 1. The molecule has 3 rings (SSSR count). The van der Waals surface area contributed by atoms with E-state index in [0.29, 0.717) is 17.2 Å². The third-order valence-electron chi connectivity index (χ3n) is 4.51. The van der Waals surface area contributed by atoms with Gasteiger partial charge in [0, 0.05) is 11.8 Å². The Bertz CT molecular complexity index is 475. The van der Waals surface area contributed by atoms with Gasteiger partial charge in [0.25, 0.3) is 5.22 Å². The van der Waals surface area contributed by atoms with Gasteiger partial charge in [-0.25, -0.2) is 4.98 Å². The van der Waals surface area contributed by atoms with Crippen molar-refractivity contribution in [1.82, 2.24) is 10.3 Å². The molecule has 21 heavy (non-hydrogen) atoms. The predicted molar refractivity (Wildman–Crippen MR) is 80.1 cm³/mol. The number of ether oxygens (including phenoxy) is 1. The number of nitrogens with one attached hydrogen (secondary N) is 1. The van der Waals surface area contributed by atoms with Crippen LogP contribution in [-0.4, -0.2) is 35.4 Å². The highest BCUT2D eigenvalue weighted by atomic mass is 32.2. The highest BCUT2D eigenvalue weighted by Crippen LogP contribution is 2.42. The Morgan fingerprint density at radius 1 is 1.57 bits per heavy atom. The topological polar surface area (TPSA) is 64.4 Å². The van der Waals surface area contributed by atoms with Gasteiger partial charge in [0.05, 0.1) is 13.3 Å². The first-order chi connectivity index (χ1) is 10.2. The standard InChI is InChI=1S/C15H22N2O3S/c1-19-13(18)15(17-12-4-5-12)7-2-3-11(15)6-10-21-14-16-8-9-20-14/h8-9,11-12,17H,2-7,10H2,1H3. The molecule has 0 aliphatic heterocycles. The second-order valence-corrected chi connectivity index (χ2v) is 6.95. The smallest absolute Gasteiger partial charge is 0.326 e. The Hall–Kier alpha value is -1.01. The summed E-state index contributed by atoms with van der Waals surface area (Å²) in [7, 11) is 1.50. The molecule has 1 aromatic rings. The number of methoxy groups -OCH3 is 1. The number of rotatable bonds is 7. The lowest BCUT2D eigenvalue weighted by atomic mass is 9.84. The van der Waals surface area contributed by atoms with Gasteiger partial charge in [0.2, 0.25) is 0 Å². The minimum Gasteiger partial charge on any atom is -0.468 e. The molecule has 2 aliphatic carbocycles. The van der Waals surface area contributed by atoms with Crippen LogP contribution in [-0.2, 0) is 9.53 Å². The quantitative estimate of drug-likeness (QED) is 0.617. The number of oxazole rings is 1. The van der Waals surface area contributed by atoms with Crippen LogP contribution in [0.5, 0.6) is 0 Å². The van der Waals surface area contributed by atoms with E-state index in [1.807, 2.05) is 0 Å². The van der Waals surface area contributed by atoms with E-state index in [9.17, 15) is 4.79 Å². The van der Waals surface area contributed by atoms with Gasteiger partial charge in [-0.1, -0.05) is 18.2 Å². The van der Waals surface area contributed by atoms with E-state index in [2.05, 4.69) is 10.3 Å². The Balaban J connectivity index is 1.62. The molecule has 2 fully saturated rings. The van der Waals surface area contributed by atoms with E-state index in [-0.39, 0.29) is 5.97 Å². The average molecular weight is 310 g/mol. The van der Waals surface area contributed by atoms with Crippen LogP contribution in [0.2, 0.25) is 0 Å². The molecule has 116 valence electrons. The number of hydrogen-bond acceptors (Lipinski definition) is 6. The molecule has 1 aromatic heterocycles. The van der Waals surface area contributed by atoms with Crippen LogP contribution < -0.4 is 5.32 Å². The minimum absolute atomic E-state index is 0.0852. The van der Waals surface area contributed by atoms with E-state index < -0.39 is 5.54 Å². The highest BCUT2D eigenvalue weighted by molar-refractivity contribution is 7.99. The van der Waals surface area contributed by atoms with Crippen LogP contribution in [0.25, 0.3) is 0 Å². The molecule has 0 radical (unpaired) electrons. The summed E-state index contributed by atoms with van der Waals surface area (Å²) in [5.74, 6) is 1.17. The lowest BCUT2D eigenvalue weighted by Crippen LogP contribution is -2.56. The number of thioether (sulfide) groups is 1. The molecule has 2 unspecified atom stereocenters. The van der Waals surface area contributed by atoms with Gasteiger partial charge in [-0.15, -0.1) is 0 Å². The van der Waals surface area contributed by atoms with Gasteiger partial charge < -0.3 is 9.15 Å². The van der Waals surface area contributed by atoms with Crippen LogP contribution in [0.15, 0.2) is 22.1 Å². The van der Waals surface area contributed by atoms with Crippen LogP contribution in [0.1, 0.15) is 38.5 Å². The van der Waals surface area contributed by atoms with E-state index >= 15 is 0 Å². The molecule has 0 saturated heterocycles. The maximum atomic E-state index is 12.4. The van der Waals surface area contributed by atoms with E-state index in [1.165, 1.54) is 20.0 Å². The summed E-state index contributed by atoms with van der Waals surface area (Å²) in [6, 6.07) is 0.504. The van der Waals surface area contributed by atoms with Gasteiger partial charge >= 0.3 is 5.97 Å². The van der Waals surface area contributed by atoms with E-state index in [4.69, 9.17) is 9.15 Å². The van der Waals surface area contributed by atoms with Crippen LogP contribution in [0.4, 0.5) is 0 Å². The molecule has 1 N–H and O–H groups in total. The van der Waals surface area contributed by atoms with Crippen molar-refractivity contribution in [1.29, 1.82) is 0 Å². The number of hydrogen-bond donors (Lipinski definition) is 1. The largest absolute Gasteiger partial charge is 0.468 e. The van der Waals surface area contributed by atoms with Crippen molar-refractivity contribution in [2.75, 3.05) is 12.9 Å². The summed E-state index contributed by atoms with van der Waals surface area (Å²) in [4.78, 5) is 16.5. The maximum absolute atomic E-state index is 12.4. The molecular weight excluding hydrogens is 288 g/mol. The van der Waals surface area contributed by atoms with Crippen molar-refractivity contribution >= 4 is 17.7 Å². The molecular formula is C15H22N2O3S. The zero-order valence-corrected chi connectivity index (χ0v) is 13.2. The SMILES string of the molecule is COC(=O)C1(NC2CC2)CCCC1CCSc1ncco1. The Labute approximate surface area is 129 Å². The first-order valence-electron chi connectivity index (χ1n) is 7.63. The molecule has 0 spiro atoms. The molecule has 1 heterocycles. The summed E-state index contributed by atoms with van der Waals surface area (Å²) in [6.45, 7) is 0. The van der Waals surface area contributed by atoms with Crippen molar-refractivity contribution in [3.8, 4) is 0 Å². The highest BCUT2D eigenvalue weighted by Gasteiger charge is 2.51. The van der Waals surface area contributed by atoms with Crippen LogP contribution >= 0.6 is 11.8 Å². The normalized spacial score (nSPS) is 28.7. The average Bonchev–Trinajstić information content (AvgIpc) is 2.99. The molecule has 0 aromatic carbocycles. The number of nitrogens with zero attached hydrogens (tertiary/aromatic N) is 1. The summed E-state index contributed by atoms with van der Waals surface area (Å²) in [6.07, 6.45) is 9.64. The van der Waals surface area contributed by atoms with Gasteiger partial charge in [0.15, 0.2) is 0 Å². The Morgan fingerprint density at radius 2 is 2.43 bits per heavy atom. The molecule has 0 bridgehead atoms. The number of carbonyl (C=O) groups is 1. The molecule has 2 saturated carbocycles. The van der Waals surface area contributed by atoms with Gasteiger partial charge in [0.1, 0.15) is 11.8 Å². The third-order valence-corrected chi connectivity index (χ3v) is 5.40. The monoisotopic (exact) mass is 310 g/mol. The third kappa shape index (κ3) is 3.26. The van der Waals surface area contributed by atoms with Crippen molar-refractivity contribution < 1.29 is 13.9 Å². The lowest BCUT2D eigenvalue weighted by molar-refractivity contribution is -0.150. The predicted octanol–water partition coefficient (Wildman–Crippen LogP) is 2.62. The van der Waals surface area contributed by atoms with E-state index in [1.54, 1.807) is 24.2 Å². The van der Waals surface area contributed by atoms with Crippen molar-refractivity contribution in [3.63, 3.8) is 0 Å². The van der Waals surface area contributed by atoms with Crippen molar-refractivity contribution in [2.24, 2.45) is 5.92 Å². The maximum Gasteiger partial charge on any atom is 0.326 e. The molecule has 6 heteroatoms. The first-order valence-corrected chi connectivity index (χ1v) is 8.61. The Kier molecular flexibility index (Phi) is 4.54. The molecule has 0 amide bonds. The molecule has 2 atom stereocenters. The van der Waals surface area contributed by atoms with E-state index in [0.717, 1.165) is 31.4 Å². The summed E-state index contributed by atoms with van der Waals surface area (Å²) in [5, 5.41) is 4.29. The zero-order valence-electron chi connectivity index (χ0n) is 12.3. The first kappa shape index (κ1) is 14.9. The molecule has 5 nitrogen and oxygen atoms in total. The minimum atomic E-state index is -0.465. The van der Waals surface area contributed by atoms with Gasteiger partial charge in [-0.05, 0) is 38.0 Å². The summed E-state index contributed by atoms with van der Waals surface area (Å²) in [5.41, 5.74) is -0.465. The number of esters is 1. The lowest BCUT2D eigenvalue weighted by Gasteiger charge is -2.34. The van der Waals surface area contributed by atoms with Crippen molar-refractivity contribution in [3.05, 3.63) is 12.5 Å². The van der Waals surface area contributed by atoms with Crippen molar-refractivity contribution in [2.45, 2.75) is 55.3 Å². The van der Waals surface area contributed by atoms with Crippen LogP contribution in [0, 0.1) is 5.92 Å². The fraction of sp³-hybridized carbons (Fsp3) is 0.733. The fourth-order valence-electron chi connectivity index (χ4n) is 3.33. The second-order valence-electron chi connectivity index (χ2n) is 5.91.